The van der Waals surface area contributed by atoms with Crippen LogP contribution in [0.1, 0.15) is 36.5 Å². The van der Waals surface area contributed by atoms with Crippen molar-refractivity contribution in [2.24, 2.45) is 7.05 Å². The Kier molecular flexibility index (Phi) is 5.67. The first-order chi connectivity index (χ1) is 14.6. The van der Waals surface area contributed by atoms with Crippen molar-refractivity contribution in [1.82, 2.24) is 14.5 Å². The number of nitrogens with zero attached hydrogens (tertiary/aromatic N) is 3. The van der Waals surface area contributed by atoms with E-state index < -0.39 is 0 Å². The van der Waals surface area contributed by atoms with E-state index in [9.17, 15) is 4.79 Å². The fraction of sp³-hybridized carbons (Fsp3) is 0.318. The fourth-order valence-electron chi connectivity index (χ4n) is 3.27. The average molecular weight is 408 g/mol. The van der Waals surface area contributed by atoms with E-state index in [2.05, 4.69) is 22.2 Å². The van der Waals surface area contributed by atoms with Gasteiger partial charge in [0.05, 0.1) is 17.6 Å². The Bertz CT molecular complexity index is 1190. The summed E-state index contributed by atoms with van der Waals surface area (Å²) >= 11 is 0. The number of unbranched alkanes of at least 4 members (excludes halogenated alkanes) is 1. The van der Waals surface area contributed by atoms with E-state index in [1.54, 1.807) is 18.2 Å². The molecule has 0 atom stereocenters. The number of fused-ring (bicyclic) bond motifs is 2. The molecule has 30 heavy (non-hydrogen) atoms. The number of imidazole rings is 1. The Hall–Kier alpha value is -3.39. The van der Waals surface area contributed by atoms with E-state index in [4.69, 9.17) is 14.3 Å². The highest BCUT2D eigenvalue weighted by Crippen LogP contribution is 2.27. The molecule has 0 amide bonds. The minimum Gasteiger partial charge on any atom is -0.491 e. The summed E-state index contributed by atoms with van der Waals surface area (Å²) in [5.74, 6) is 1.30. The number of nitrogens with one attached hydrogen (secondary N) is 1. The maximum absolute atomic E-state index is 12.3. The van der Waals surface area contributed by atoms with Gasteiger partial charge in [-0.25, -0.2) is 4.98 Å². The zero-order valence-corrected chi connectivity index (χ0v) is 17.0. The van der Waals surface area contributed by atoms with E-state index >= 15 is 0 Å². The highest BCUT2D eigenvalue weighted by atomic mass is 16.5. The van der Waals surface area contributed by atoms with E-state index in [1.165, 1.54) is 0 Å². The molecule has 0 radical (unpaired) electrons. The molecule has 0 aliphatic rings. The molecule has 0 unspecified atom stereocenters. The van der Waals surface area contributed by atoms with Crippen molar-refractivity contribution in [3.63, 3.8) is 0 Å². The van der Waals surface area contributed by atoms with Crippen LogP contribution in [0, 0.1) is 0 Å². The Morgan fingerprint density at radius 2 is 2.07 bits per heavy atom. The summed E-state index contributed by atoms with van der Waals surface area (Å²) in [6.07, 6.45) is 2.43. The summed E-state index contributed by atoms with van der Waals surface area (Å²) in [5.41, 5.74) is 3.56. The normalized spacial score (nSPS) is 11.3. The van der Waals surface area contributed by atoms with Crippen LogP contribution in [0.25, 0.3) is 22.1 Å². The standard InChI is InChI=1S/C22H24N4O4/c1-3-4-5-19(28)14-6-9-18-17(12-14)23-21(26(18)2)25-22-24-16-8-7-15(29-11-10-27)13-20(16)30-22/h6-9,12-13,27H,3-5,10-11H2,1-2H3,(H,23,24,25). The van der Waals surface area contributed by atoms with Gasteiger partial charge in [0.1, 0.15) is 17.9 Å². The van der Waals surface area contributed by atoms with Crippen molar-refractivity contribution in [3.05, 3.63) is 42.0 Å². The number of aliphatic hydroxyl groups excluding tert-OH is 1. The Labute approximate surface area is 173 Å². The van der Waals surface area contributed by atoms with Crippen molar-refractivity contribution in [2.75, 3.05) is 18.5 Å². The van der Waals surface area contributed by atoms with Gasteiger partial charge in [0.15, 0.2) is 11.4 Å². The number of aryl methyl sites for hydroxylation is 1. The van der Waals surface area contributed by atoms with Crippen molar-refractivity contribution < 1.29 is 19.1 Å². The Morgan fingerprint density at radius 1 is 1.20 bits per heavy atom. The molecule has 2 N–H and O–H groups in total. The molecule has 0 saturated carbocycles. The lowest BCUT2D eigenvalue weighted by atomic mass is 10.1. The highest BCUT2D eigenvalue weighted by molar-refractivity contribution is 5.99. The third kappa shape index (κ3) is 3.99. The van der Waals surface area contributed by atoms with Gasteiger partial charge in [0, 0.05) is 25.1 Å². The maximum Gasteiger partial charge on any atom is 0.302 e. The minimum atomic E-state index is -0.0557. The lowest BCUT2D eigenvalue weighted by Crippen LogP contribution is -2.01. The lowest BCUT2D eigenvalue weighted by Gasteiger charge is -2.02. The Morgan fingerprint density at radius 3 is 2.87 bits per heavy atom. The van der Waals surface area contributed by atoms with Gasteiger partial charge < -0.3 is 18.8 Å². The molecular weight excluding hydrogens is 384 g/mol. The molecule has 0 aliphatic carbocycles. The number of benzene rings is 2. The number of rotatable bonds is 9. The molecule has 156 valence electrons. The van der Waals surface area contributed by atoms with Crippen LogP contribution >= 0.6 is 0 Å². The number of carbonyl (C=O) groups is 1. The number of hydrogen-bond donors (Lipinski definition) is 2. The third-order valence-corrected chi connectivity index (χ3v) is 4.90. The molecule has 0 bridgehead atoms. The van der Waals surface area contributed by atoms with E-state index in [0.717, 1.165) is 23.9 Å². The van der Waals surface area contributed by atoms with Gasteiger partial charge in [0.2, 0.25) is 5.95 Å². The van der Waals surface area contributed by atoms with Crippen LogP contribution in [0.5, 0.6) is 5.75 Å². The second-order valence-corrected chi connectivity index (χ2v) is 7.07. The maximum atomic E-state index is 12.3. The lowest BCUT2D eigenvalue weighted by molar-refractivity contribution is 0.0980. The second-order valence-electron chi connectivity index (χ2n) is 7.07. The quantitative estimate of drug-likeness (QED) is 0.400. The molecule has 8 heteroatoms. The molecule has 4 aromatic rings. The van der Waals surface area contributed by atoms with Gasteiger partial charge in [-0.1, -0.05) is 13.3 Å². The molecule has 4 rings (SSSR count). The fourth-order valence-corrected chi connectivity index (χ4v) is 3.27. The number of oxazole rings is 1. The van der Waals surface area contributed by atoms with Crippen LogP contribution < -0.4 is 10.1 Å². The van der Waals surface area contributed by atoms with Crippen LogP contribution in [-0.4, -0.2) is 38.6 Å². The zero-order valence-electron chi connectivity index (χ0n) is 17.0. The van der Waals surface area contributed by atoms with Crippen molar-refractivity contribution in [3.8, 4) is 5.75 Å². The predicted octanol–water partition coefficient (Wildman–Crippen LogP) is 4.20. The van der Waals surface area contributed by atoms with Gasteiger partial charge in [-0.2, -0.15) is 4.98 Å². The van der Waals surface area contributed by atoms with Gasteiger partial charge in [-0.15, -0.1) is 0 Å². The number of anilines is 2. The van der Waals surface area contributed by atoms with Crippen LogP contribution in [0.3, 0.4) is 0 Å². The van der Waals surface area contributed by atoms with Gasteiger partial charge in [-0.05, 0) is 36.8 Å². The number of Topliss-reactive ketones (excluding diaryl/α,β-unsaturated/α-hetero) is 1. The minimum absolute atomic E-state index is 0.0557. The molecule has 0 aliphatic heterocycles. The summed E-state index contributed by atoms with van der Waals surface area (Å²) < 4.78 is 13.1. The molecule has 2 aromatic carbocycles. The largest absolute Gasteiger partial charge is 0.491 e. The highest BCUT2D eigenvalue weighted by Gasteiger charge is 2.14. The average Bonchev–Trinajstić information content (AvgIpc) is 3.30. The van der Waals surface area contributed by atoms with Crippen molar-refractivity contribution in [1.29, 1.82) is 0 Å². The summed E-state index contributed by atoms with van der Waals surface area (Å²) in [5, 5.41) is 12.0. The molecule has 2 heterocycles. The van der Waals surface area contributed by atoms with Crippen LogP contribution in [0.4, 0.5) is 12.0 Å². The smallest absolute Gasteiger partial charge is 0.302 e. The first kappa shape index (κ1) is 19.9. The third-order valence-electron chi connectivity index (χ3n) is 4.90. The molecule has 0 saturated heterocycles. The second kappa shape index (κ2) is 8.54. The zero-order chi connectivity index (χ0) is 21.1. The van der Waals surface area contributed by atoms with Crippen molar-refractivity contribution in [2.45, 2.75) is 26.2 Å². The van der Waals surface area contributed by atoms with Crippen molar-refractivity contribution >= 4 is 39.9 Å². The summed E-state index contributed by atoms with van der Waals surface area (Å²) in [7, 11) is 1.89. The number of aromatic nitrogens is 3. The van der Waals surface area contributed by atoms with E-state index in [1.807, 2.05) is 29.8 Å². The van der Waals surface area contributed by atoms with E-state index in [0.29, 0.717) is 40.8 Å². The summed E-state index contributed by atoms with van der Waals surface area (Å²) in [4.78, 5) is 21.4. The number of aliphatic hydroxyl groups is 1. The topological polar surface area (TPSA) is 102 Å². The first-order valence-electron chi connectivity index (χ1n) is 10.00. The predicted molar refractivity (Wildman–Crippen MR) is 114 cm³/mol. The molecule has 0 fully saturated rings. The van der Waals surface area contributed by atoms with Crippen LogP contribution in [0.15, 0.2) is 40.8 Å². The Balaban J connectivity index is 1.58. The SMILES string of the molecule is CCCCC(=O)c1ccc2c(c1)nc(Nc1nc3ccc(OCCO)cc3o1)n2C. The number of ether oxygens (including phenoxy) is 1. The summed E-state index contributed by atoms with van der Waals surface area (Å²) in [6.45, 7) is 2.23. The molecule has 8 nitrogen and oxygen atoms in total. The number of carbonyl (C=O) groups excluding carboxylic acids is 1. The monoisotopic (exact) mass is 408 g/mol. The van der Waals surface area contributed by atoms with Gasteiger partial charge >= 0.3 is 6.01 Å². The molecule has 0 spiro atoms. The molecular formula is C22H24N4O4. The molecule has 2 aromatic heterocycles. The number of ketones is 1. The van der Waals surface area contributed by atoms with E-state index in [-0.39, 0.29) is 19.0 Å². The first-order valence-corrected chi connectivity index (χ1v) is 10.00. The van der Waals surface area contributed by atoms with Crippen LogP contribution in [-0.2, 0) is 7.05 Å². The summed E-state index contributed by atoms with van der Waals surface area (Å²) in [6, 6.07) is 11.2. The van der Waals surface area contributed by atoms with Gasteiger partial charge in [-0.3, -0.25) is 10.1 Å². The van der Waals surface area contributed by atoms with Gasteiger partial charge in [0.25, 0.3) is 0 Å². The van der Waals surface area contributed by atoms with Crippen LogP contribution in [0.2, 0.25) is 0 Å². The number of hydrogen-bond acceptors (Lipinski definition) is 7.